The number of likely N-dealkylation sites (tertiary alicyclic amines) is 1. The molecule has 3 heteroatoms. The van der Waals surface area contributed by atoms with Crippen molar-refractivity contribution in [3.63, 3.8) is 0 Å². The lowest BCUT2D eigenvalue weighted by Gasteiger charge is -2.41. The second kappa shape index (κ2) is 6.17. The Morgan fingerprint density at radius 2 is 2.06 bits per heavy atom. The predicted octanol–water partition coefficient (Wildman–Crippen LogP) is 1.71. The fraction of sp³-hybridized carbons (Fsp3) is 1.00. The molecule has 17 heavy (non-hydrogen) atoms. The summed E-state index contributed by atoms with van der Waals surface area (Å²) in [7, 11) is 1.93. The van der Waals surface area contributed by atoms with Crippen LogP contribution < -0.4 is 5.32 Å². The Labute approximate surface area is 107 Å². The predicted molar refractivity (Wildman–Crippen MR) is 73.1 cm³/mol. The molecule has 0 saturated carbocycles. The number of aliphatic hydroxyl groups excluding tert-OH is 1. The highest BCUT2D eigenvalue weighted by Gasteiger charge is 2.30. The molecule has 1 rings (SSSR count). The van der Waals surface area contributed by atoms with Gasteiger partial charge in [-0.1, -0.05) is 13.8 Å². The molecule has 0 aromatic rings. The van der Waals surface area contributed by atoms with Crippen molar-refractivity contribution in [1.82, 2.24) is 10.2 Å². The molecule has 0 amide bonds. The van der Waals surface area contributed by atoms with E-state index in [4.69, 9.17) is 0 Å². The molecule has 0 aromatic heterocycles. The summed E-state index contributed by atoms with van der Waals surface area (Å²) in [4.78, 5) is 2.58. The monoisotopic (exact) mass is 242 g/mol. The van der Waals surface area contributed by atoms with Gasteiger partial charge in [-0.3, -0.25) is 0 Å². The number of piperidine rings is 1. The van der Waals surface area contributed by atoms with Gasteiger partial charge < -0.3 is 15.3 Å². The van der Waals surface area contributed by atoms with E-state index in [1.54, 1.807) is 0 Å². The maximum atomic E-state index is 9.45. The first-order valence-corrected chi connectivity index (χ1v) is 6.95. The van der Waals surface area contributed by atoms with Gasteiger partial charge in [0.05, 0.1) is 6.61 Å². The highest BCUT2D eigenvalue weighted by molar-refractivity contribution is 4.88. The van der Waals surface area contributed by atoms with Crippen molar-refractivity contribution in [2.75, 3.05) is 26.7 Å². The van der Waals surface area contributed by atoms with Gasteiger partial charge in [0.1, 0.15) is 0 Å². The number of aliphatic hydroxyl groups is 1. The summed E-state index contributed by atoms with van der Waals surface area (Å²) >= 11 is 0. The van der Waals surface area contributed by atoms with Crippen molar-refractivity contribution in [3.05, 3.63) is 0 Å². The number of hydrogen-bond acceptors (Lipinski definition) is 3. The van der Waals surface area contributed by atoms with Gasteiger partial charge in [-0.2, -0.15) is 0 Å². The van der Waals surface area contributed by atoms with Crippen molar-refractivity contribution >= 4 is 0 Å². The molecule has 0 aromatic carbocycles. The SMILES string of the molecule is CNC(C)(CO)CC(C)N1CCC(C)C(C)C1. The Hall–Kier alpha value is -0.120. The van der Waals surface area contributed by atoms with E-state index in [0.29, 0.717) is 6.04 Å². The summed E-state index contributed by atoms with van der Waals surface area (Å²) in [5, 5.41) is 12.7. The second-order valence-electron chi connectivity index (χ2n) is 6.26. The van der Waals surface area contributed by atoms with E-state index in [2.05, 4.69) is 37.9 Å². The lowest BCUT2D eigenvalue weighted by Crippen LogP contribution is -2.51. The van der Waals surface area contributed by atoms with Crippen molar-refractivity contribution in [2.24, 2.45) is 11.8 Å². The first-order valence-electron chi connectivity index (χ1n) is 6.95. The summed E-state index contributed by atoms with van der Waals surface area (Å²) in [6.45, 7) is 11.7. The summed E-state index contributed by atoms with van der Waals surface area (Å²) in [5.74, 6) is 1.65. The minimum Gasteiger partial charge on any atom is -0.394 e. The summed E-state index contributed by atoms with van der Waals surface area (Å²) in [6, 6.07) is 0.537. The Morgan fingerprint density at radius 1 is 1.41 bits per heavy atom. The number of hydrogen-bond donors (Lipinski definition) is 2. The van der Waals surface area contributed by atoms with E-state index in [9.17, 15) is 5.11 Å². The maximum Gasteiger partial charge on any atom is 0.0611 e. The second-order valence-corrected chi connectivity index (χ2v) is 6.26. The van der Waals surface area contributed by atoms with Crippen LogP contribution in [0.25, 0.3) is 0 Å². The normalized spacial score (nSPS) is 32.1. The number of likely N-dealkylation sites (N-methyl/N-ethyl adjacent to an activating group) is 1. The molecule has 4 unspecified atom stereocenters. The molecule has 0 radical (unpaired) electrons. The van der Waals surface area contributed by atoms with Crippen LogP contribution in [0.5, 0.6) is 0 Å². The molecule has 1 fully saturated rings. The Bertz CT molecular complexity index is 228. The van der Waals surface area contributed by atoms with Crippen molar-refractivity contribution in [1.29, 1.82) is 0 Å². The standard InChI is InChI=1S/C14H30N2O/c1-11-6-7-16(9-12(11)2)13(3)8-14(4,10-17)15-5/h11-13,15,17H,6-10H2,1-5H3. The van der Waals surface area contributed by atoms with Crippen LogP contribution in [0.2, 0.25) is 0 Å². The zero-order valence-electron chi connectivity index (χ0n) is 12.2. The fourth-order valence-corrected chi connectivity index (χ4v) is 2.72. The van der Waals surface area contributed by atoms with E-state index in [-0.39, 0.29) is 12.1 Å². The Kier molecular flexibility index (Phi) is 5.42. The van der Waals surface area contributed by atoms with Gasteiger partial charge in [0.2, 0.25) is 0 Å². The molecule has 1 saturated heterocycles. The zero-order valence-corrected chi connectivity index (χ0v) is 12.2. The lowest BCUT2D eigenvalue weighted by atomic mass is 9.86. The lowest BCUT2D eigenvalue weighted by molar-refractivity contribution is 0.0713. The molecule has 4 atom stereocenters. The number of nitrogens with zero attached hydrogens (tertiary/aromatic N) is 1. The van der Waals surface area contributed by atoms with Gasteiger partial charge in [0.25, 0.3) is 0 Å². The first kappa shape index (κ1) is 14.9. The van der Waals surface area contributed by atoms with Crippen LogP contribution in [0.4, 0.5) is 0 Å². The Balaban J connectivity index is 2.50. The van der Waals surface area contributed by atoms with E-state index in [0.717, 1.165) is 18.3 Å². The van der Waals surface area contributed by atoms with Crippen LogP contribution in [0.3, 0.4) is 0 Å². The summed E-state index contributed by atoms with van der Waals surface area (Å²) in [5.41, 5.74) is -0.147. The summed E-state index contributed by atoms with van der Waals surface area (Å²) < 4.78 is 0. The molecular formula is C14H30N2O. The van der Waals surface area contributed by atoms with Crippen molar-refractivity contribution in [2.45, 2.75) is 52.1 Å². The molecule has 0 aliphatic carbocycles. The third-order valence-electron chi connectivity index (χ3n) is 4.69. The molecular weight excluding hydrogens is 212 g/mol. The van der Waals surface area contributed by atoms with Gasteiger partial charge in [0, 0.05) is 18.1 Å². The minimum absolute atomic E-state index is 0.147. The van der Waals surface area contributed by atoms with Gasteiger partial charge in [-0.15, -0.1) is 0 Å². The van der Waals surface area contributed by atoms with Crippen molar-refractivity contribution in [3.8, 4) is 0 Å². The van der Waals surface area contributed by atoms with Crippen LogP contribution in [0.1, 0.15) is 40.5 Å². The molecule has 1 heterocycles. The number of nitrogens with one attached hydrogen (secondary N) is 1. The van der Waals surface area contributed by atoms with Crippen molar-refractivity contribution < 1.29 is 5.11 Å². The van der Waals surface area contributed by atoms with Crippen LogP contribution in [0, 0.1) is 11.8 Å². The largest absolute Gasteiger partial charge is 0.394 e. The third kappa shape index (κ3) is 3.94. The highest BCUT2D eigenvalue weighted by atomic mass is 16.3. The average molecular weight is 242 g/mol. The van der Waals surface area contributed by atoms with E-state index >= 15 is 0 Å². The molecule has 3 nitrogen and oxygen atoms in total. The van der Waals surface area contributed by atoms with E-state index in [1.165, 1.54) is 19.5 Å². The zero-order chi connectivity index (χ0) is 13.1. The highest BCUT2D eigenvalue weighted by Crippen LogP contribution is 2.26. The van der Waals surface area contributed by atoms with Crippen LogP contribution in [0.15, 0.2) is 0 Å². The van der Waals surface area contributed by atoms with Gasteiger partial charge in [-0.05, 0) is 52.1 Å². The number of rotatable bonds is 5. The van der Waals surface area contributed by atoms with Gasteiger partial charge in [0.15, 0.2) is 0 Å². The summed E-state index contributed by atoms with van der Waals surface area (Å²) in [6.07, 6.45) is 2.31. The third-order valence-corrected chi connectivity index (χ3v) is 4.69. The van der Waals surface area contributed by atoms with E-state index in [1.807, 2.05) is 7.05 Å². The molecule has 2 N–H and O–H groups in total. The molecule has 102 valence electrons. The van der Waals surface area contributed by atoms with E-state index < -0.39 is 0 Å². The molecule has 0 spiro atoms. The fourth-order valence-electron chi connectivity index (χ4n) is 2.72. The smallest absolute Gasteiger partial charge is 0.0611 e. The van der Waals surface area contributed by atoms with Crippen LogP contribution in [-0.4, -0.2) is 48.3 Å². The van der Waals surface area contributed by atoms with Gasteiger partial charge in [-0.25, -0.2) is 0 Å². The topological polar surface area (TPSA) is 35.5 Å². The maximum absolute atomic E-state index is 9.45. The average Bonchev–Trinajstić information content (AvgIpc) is 2.32. The molecule has 1 aliphatic rings. The van der Waals surface area contributed by atoms with Crippen LogP contribution >= 0.6 is 0 Å². The quantitative estimate of drug-likeness (QED) is 0.770. The molecule has 0 bridgehead atoms. The Morgan fingerprint density at radius 3 is 2.53 bits per heavy atom. The van der Waals surface area contributed by atoms with Gasteiger partial charge >= 0.3 is 0 Å². The van der Waals surface area contributed by atoms with Crippen LogP contribution in [-0.2, 0) is 0 Å². The molecule has 1 aliphatic heterocycles. The minimum atomic E-state index is -0.147. The first-order chi connectivity index (χ1) is 7.91.